The zero-order valence-electron chi connectivity index (χ0n) is 9.85. The highest BCUT2D eigenvalue weighted by Crippen LogP contribution is 2.42. The molecule has 1 aliphatic rings. The summed E-state index contributed by atoms with van der Waals surface area (Å²) in [5.41, 5.74) is 5.26. The van der Waals surface area contributed by atoms with Crippen molar-refractivity contribution < 1.29 is 13.2 Å². The molecule has 2 aromatic rings. The molecule has 3 rings (SSSR count). The smallest absolute Gasteiger partial charge is 0.380 e. The van der Waals surface area contributed by atoms with Gasteiger partial charge in [-0.25, -0.2) is 4.68 Å². The van der Waals surface area contributed by atoms with E-state index in [2.05, 4.69) is 10.3 Å². The third-order valence-electron chi connectivity index (χ3n) is 3.10. The number of benzene rings is 1. The summed E-state index contributed by atoms with van der Waals surface area (Å²) >= 11 is 0. The van der Waals surface area contributed by atoms with Crippen molar-refractivity contribution in [1.29, 1.82) is 0 Å². The van der Waals surface area contributed by atoms with Crippen LogP contribution in [0, 0.1) is 0 Å². The Kier molecular flexibility index (Phi) is 2.51. The molecule has 100 valence electrons. The Morgan fingerprint density at radius 3 is 2.53 bits per heavy atom. The van der Waals surface area contributed by atoms with E-state index in [1.165, 1.54) is 16.8 Å². The van der Waals surface area contributed by atoms with Crippen molar-refractivity contribution in [1.82, 2.24) is 15.0 Å². The van der Waals surface area contributed by atoms with Crippen LogP contribution in [0.5, 0.6) is 0 Å². The van der Waals surface area contributed by atoms with Crippen molar-refractivity contribution in [3.8, 4) is 11.3 Å². The lowest BCUT2D eigenvalue weighted by Crippen LogP contribution is -2.09. The number of anilines is 1. The molecule has 2 N–H and O–H groups in total. The van der Waals surface area contributed by atoms with Gasteiger partial charge in [0, 0.05) is 5.56 Å². The Labute approximate surface area is 107 Å². The molecule has 0 aliphatic heterocycles. The molecule has 0 spiro atoms. The van der Waals surface area contributed by atoms with Crippen molar-refractivity contribution in [3.63, 3.8) is 0 Å². The van der Waals surface area contributed by atoms with Gasteiger partial charge >= 0.3 is 6.18 Å². The number of alkyl halides is 3. The summed E-state index contributed by atoms with van der Waals surface area (Å²) in [4.78, 5) is 0. The minimum absolute atomic E-state index is 0.0311. The molecule has 0 unspecified atom stereocenters. The van der Waals surface area contributed by atoms with Gasteiger partial charge in [0.05, 0.1) is 11.6 Å². The molecule has 1 saturated carbocycles. The van der Waals surface area contributed by atoms with E-state index in [-0.39, 0.29) is 23.1 Å². The van der Waals surface area contributed by atoms with Gasteiger partial charge in [0.1, 0.15) is 5.69 Å². The van der Waals surface area contributed by atoms with Gasteiger partial charge in [0.25, 0.3) is 0 Å². The monoisotopic (exact) mass is 268 g/mol. The van der Waals surface area contributed by atoms with Crippen molar-refractivity contribution >= 4 is 5.82 Å². The molecule has 1 heterocycles. The second-order valence-electron chi connectivity index (χ2n) is 4.54. The second kappa shape index (κ2) is 3.97. The molecule has 7 heteroatoms. The number of aromatic nitrogens is 3. The van der Waals surface area contributed by atoms with E-state index in [1.807, 2.05) is 0 Å². The number of hydrogen-bond donors (Lipinski definition) is 1. The summed E-state index contributed by atoms with van der Waals surface area (Å²) in [6, 6.07) is 5.46. The quantitative estimate of drug-likeness (QED) is 0.911. The molecule has 0 saturated heterocycles. The van der Waals surface area contributed by atoms with Crippen LogP contribution in [0.3, 0.4) is 0 Å². The predicted molar refractivity (Wildman–Crippen MR) is 63.1 cm³/mol. The third kappa shape index (κ3) is 2.05. The molecule has 1 aliphatic carbocycles. The molecule has 0 radical (unpaired) electrons. The first kappa shape index (κ1) is 12.0. The average molecular weight is 268 g/mol. The van der Waals surface area contributed by atoms with Gasteiger partial charge in [0.2, 0.25) is 0 Å². The fourth-order valence-corrected chi connectivity index (χ4v) is 2.08. The number of nitrogens with two attached hydrogens (primary N) is 1. The first-order chi connectivity index (χ1) is 8.98. The van der Waals surface area contributed by atoms with Gasteiger partial charge in [-0.3, -0.25) is 0 Å². The van der Waals surface area contributed by atoms with Gasteiger partial charge in [-0.15, -0.1) is 5.10 Å². The number of rotatable bonds is 2. The van der Waals surface area contributed by atoms with Crippen molar-refractivity contribution in [2.75, 3.05) is 5.73 Å². The molecule has 1 fully saturated rings. The molecule has 4 nitrogen and oxygen atoms in total. The molecule has 19 heavy (non-hydrogen) atoms. The third-order valence-corrected chi connectivity index (χ3v) is 3.10. The lowest BCUT2D eigenvalue weighted by molar-refractivity contribution is -0.137. The fraction of sp³-hybridized carbons (Fsp3) is 0.333. The Balaban J connectivity index is 2.20. The van der Waals surface area contributed by atoms with Gasteiger partial charge in [0.15, 0.2) is 5.82 Å². The van der Waals surface area contributed by atoms with Gasteiger partial charge < -0.3 is 5.73 Å². The van der Waals surface area contributed by atoms with E-state index in [0.29, 0.717) is 0 Å². The summed E-state index contributed by atoms with van der Waals surface area (Å²) < 4.78 is 40.6. The first-order valence-electron chi connectivity index (χ1n) is 5.85. The minimum atomic E-state index is -4.43. The van der Waals surface area contributed by atoms with Crippen LogP contribution < -0.4 is 5.73 Å². The Hall–Kier alpha value is -2.05. The number of nitrogens with zero attached hydrogens (tertiary/aromatic N) is 3. The van der Waals surface area contributed by atoms with Crippen molar-refractivity contribution in [2.24, 2.45) is 0 Å². The number of nitrogen functional groups attached to an aromatic ring is 1. The van der Waals surface area contributed by atoms with E-state index >= 15 is 0 Å². The van der Waals surface area contributed by atoms with Crippen molar-refractivity contribution in [3.05, 3.63) is 29.8 Å². The lowest BCUT2D eigenvalue weighted by atomic mass is 10.0. The molecule has 1 aromatic carbocycles. The summed E-state index contributed by atoms with van der Waals surface area (Å²) in [6.45, 7) is 0. The molecule has 0 amide bonds. The van der Waals surface area contributed by atoms with E-state index < -0.39 is 11.7 Å². The molecule has 0 atom stereocenters. The molecular formula is C12H11F3N4. The van der Waals surface area contributed by atoms with Gasteiger partial charge in [-0.05, 0) is 18.9 Å². The van der Waals surface area contributed by atoms with E-state index in [4.69, 9.17) is 5.73 Å². The Bertz CT molecular complexity index is 614. The summed E-state index contributed by atoms with van der Waals surface area (Å²) in [5.74, 6) is 0.0311. The SMILES string of the molecule is Nc1nnn(C2CC2)c1-c1ccccc1C(F)(F)F. The zero-order chi connectivity index (χ0) is 13.6. The maximum atomic E-state index is 13.0. The van der Waals surface area contributed by atoms with E-state index in [9.17, 15) is 13.2 Å². The second-order valence-corrected chi connectivity index (χ2v) is 4.54. The van der Waals surface area contributed by atoms with Crippen LogP contribution >= 0.6 is 0 Å². The highest BCUT2D eigenvalue weighted by atomic mass is 19.4. The summed E-state index contributed by atoms with van der Waals surface area (Å²) in [7, 11) is 0. The summed E-state index contributed by atoms with van der Waals surface area (Å²) in [6.07, 6.45) is -2.64. The van der Waals surface area contributed by atoms with Crippen molar-refractivity contribution in [2.45, 2.75) is 25.1 Å². The van der Waals surface area contributed by atoms with Gasteiger partial charge in [-0.1, -0.05) is 23.4 Å². The highest BCUT2D eigenvalue weighted by Gasteiger charge is 2.36. The maximum Gasteiger partial charge on any atom is 0.417 e. The average Bonchev–Trinajstić information content (AvgIpc) is 3.12. The van der Waals surface area contributed by atoms with Crippen LogP contribution in [-0.4, -0.2) is 15.0 Å². The first-order valence-corrected chi connectivity index (χ1v) is 5.85. The van der Waals surface area contributed by atoms with E-state index in [0.717, 1.165) is 18.9 Å². The number of halogens is 3. The van der Waals surface area contributed by atoms with Crippen LogP contribution in [-0.2, 0) is 6.18 Å². The Morgan fingerprint density at radius 1 is 1.21 bits per heavy atom. The van der Waals surface area contributed by atoms with Crippen LogP contribution in [0.2, 0.25) is 0 Å². The van der Waals surface area contributed by atoms with Crippen LogP contribution in [0.15, 0.2) is 24.3 Å². The van der Waals surface area contributed by atoms with E-state index in [1.54, 1.807) is 6.07 Å². The normalized spacial score (nSPS) is 15.7. The van der Waals surface area contributed by atoms with Crippen LogP contribution in [0.4, 0.5) is 19.0 Å². The minimum Gasteiger partial charge on any atom is -0.380 e. The number of hydrogen-bond acceptors (Lipinski definition) is 3. The highest BCUT2D eigenvalue weighted by molar-refractivity contribution is 5.73. The molecular weight excluding hydrogens is 257 g/mol. The zero-order valence-corrected chi connectivity index (χ0v) is 9.85. The fourth-order valence-electron chi connectivity index (χ4n) is 2.08. The standard InChI is InChI=1S/C12H11F3N4/c13-12(14,15)9-4-2-1-3-8(9)10-11(16)17-18-19(10)7-5-6-7/h1-4,7H,5-6,16H2. The Morgan fingerprint density at radius 2 is 1.89 bits per heavy atom. The molecule has 0 bridgehead atoms. The van der Waals surface area contributed by atoms with Crippen LogP contribution in [0.25, 0.3) is 11.3 Å². The maximum absolute atomic E-state index is 13.0. The van der Waals surface area contributed by atoms with Crippen LogP contribution in [0.1, 0.15) is 24.4 Å². The van der Waals surface area contributed by atoms with Gasteiger partial charge in [-0.2, -0.15) is 13.2 Å². The topological polar surface area (TPSA) is 56.7 Å². The molecule has 1 aromatic heterocycles. The predicted octanol–water partition coefficient (Wildman–Crippen LogP) is 2.88. The lowest BCUT2D eigenvalue weighted by Gasteiger charge is -2.13. The summed E-state index contributed by atoms with van der Waals surface area (Å²) in [5, 5.41) is 7.55. The largest absolute Gasteiger partial charge is 0.417 e.